The molecule has 5 rings (SSSR count). The molecule has 3 heterocycles. The number of ether oxygens (including phenoxy) is 1. The Kier molecular flexibility index (Phi) is 4.79. The summed E-state index contributed by atoms with van der Waals surface area (Å²) in [6.07, 6.45) is 10.1. The van der Waals surface area contributed by atoms with Crippen molar-refractivity contribution in [2.45, 2.75) is 38.3 Å². The first-order valence-electron chi connectivity index (χ1n) is 10.4. The number of carbonyl (C=O) groups is 2. The van der Waals surface area contributed by atoms with Gasteiger partial charge in [0, 0.05) is 24.6 Å². The molecular weight excluding hydrogens is 420 g/mol. The summed E-state index contributed by atoms with van der Waals surface area (Å²) in [5.41, 5.74) is -0.373. The second kappa shape index (κ2) is 7.54. The van der Waals surface area contributed by atoms with E-state index in [4.69, 9.17) is 4.74 Å². The maximum Gasteiger partial charge on any atom is 0.291 e. The first-order chi connectivity index (χ1) is 15.3. The number of rotatable bonds is 3. The van der Waals surface area contributed by atoms with Crippen LogP contribution < -0.4 is 15.4 Å². The van der Waals surface area contributed by atoms with Gasteiger partial charge in [-0.25, -0.2) is 18.4 Å². The summed E-state index contributed by atoms with van der Waals surface area (Å²) in [5.74, 6) is -2.44. The number of fused-ring (bicyclic) bond motifs is 2. The Hall–Kier alpha value is -3.56. The number of carbonyl (C=O) groups excluding carboxylic acids is 2. The number of aromatic nitrogens is 3. The van der Waals surface area contributed by atoms with Gasteiger partial charge in [-0.3, -0.25) is 9.59 Å². The van der Waals surface area contributed by atoms with Crippen molar-refractivity contribution in [3.8, 4) is 5.75 Å². The van der Waals surface area contributed by atoms with Gasteiger partial charge < -0.3 is 15.4 Å². The second-order valence-electron chi connectivity index (χ2n) is 8.44. The first kappa shape index (κ1) is 20.3. The average molecular weight is 441 g/mol. The van der Waals surface area contributed by atoms with Crippen LogP contribution in [0.2, 0.25) is 0 Å². The fourth-order valence-electron chi connectivity index (χ4n) is 4.45. The summed E-state index contributed by atoms with van der Waals surface area (Å²) in [4.78, 5) is 29.8. The SMILES string of the molecule is CC1([C@H]2CCn3nc(C(=O)N[C@H]4COc5cc(F)cc(F)c5NC4=O)nc32)C=CC=CC1. The van der Waals surface area contributed by atoms with Crippen LogP contribution in [-0.4, -0.2) is 39.2 Å². The lowest BCUT2D eigenvalue weighted by Gasteiger charge is -2.32. The number of nitrogens with zero attached hydrogens (tertiary/aromatic N) is 3. The fraction of sp³-hybridized carbons (Fsp3) is 0.364. The van der Waals surface area contributed by atoms with Gasteiger partial charge in [0.15, 0.2) is 5.82 Å². The number of nitrogens with one attached hydrogen (secondary N) is 2. The van der Waals surface area contributed by atoms with E-state index in [2.05, 4.69) is 39.8 Å². The Labute approximate surface area is 182 Å². The van der Waals surface area contributed by atoms with Crippen molar-refractivity contribution in [2.24, 2.45) is 5.41 Å². The number of hydrogen-bond donors (Lipinski definition) is 2. The number of allylic oxidation sites excluding steroid dienone is 4. The van der Waals surface area contributed by atoms with Gasteiger partial charge >= 0.3 is 0 Å². The standard InChI is InChI=1S/C22H21F2N5O3/c1-22(6-3-2-4-7-22)13-5-8-29-19(13)27-18(28-29)21(31)25-15-11-32-16-10-12(23)9-14(24)17(16)26-20(15)30/h2-4,6,9-10,13,15H,5,7-8,11H2,1H3,(H,25,31)(H,26,30)/t13-,15-,22?/m0/s1. The highest BCUT2D eigenvalue weighted by Crippen LogP contribution is 2.46. The summed E-state index contributed by atoms with van der Waals surface area (Å²) < 4.78 is 34.6. The van der Waals surface area contributed by atoms with Crippen LogP contribution in [0.4, 0.5) is 14.5 Å². The molecule has 0 spiro atoms. The van der Waals surface area contributed by atoms with Crippen molar-refractivity contribution in [2.75, 3.05) is 11.9 Å². The number of anilines is 1. The molecule has 0 saturated heterocycles. The number of halogens is 2. The largest absolute Gasteiger partial charge is 0.488 e. The Bertz CT molecular complexity index is 1170. The highest BCUT2D eigenvalue weighted by molar-refractivity contribution is 6.01. The highest BCUT2D eigenvalue weighted by atomic mass is 19.1. The van der Waals surface area contributed by atoms with Gasteiger partial charge in [0.05, 0.1) is 0 Å². The third-order valence-electron chi connectivity index (χ3n) is 6.22. The molecule has 1 aromatic heterocycles. The molecular formula is C22H21F2N5O3. The molecule has 2 aliphatic heterocycles. The zero-order valence-corrected chi connectivity index (χ0v) is 17.3. The summed E-state index contributed by atoms with van der Waals surface area (Å²) >= 11 is 0. The van der Waals surface area contributed by atoms with Crippen LogP contribution >= 0.6 is 0 Å². The van der Waals surface area contributed by atoms with Crippen LogP contribution in [0.25, 0.3) is 0 Å². The van der Waals surface area contributed by atoms with Gasteiger partial charge in [-0.1, -0.05) is 31.2 Å². The summed E-state index contributed by atoms with van der Waals surface area (Å²) in [6, 6.07) is 0.488. The zero-order valence-electron chi connectivity index (χ0n) is 17.3. The topological polar surface area (TPSA) is 98.1 Å². The molecule has 1 aromatic carbocycles. The van der Waals surface area contributed by atoms with Crippen molar-refractivity contribution < 1.29 is 23.1 Å². The first-order valence-corrected chi connectivity index (χ1v) is 10.4. The molecule has 10 heteroatoms. The molecule has 0 fully saturated rings. The molecule has 3 aliphatic rings. The van der Waals surface area contributed by atoms with E-state index in [-0.39, 0.29) is 35.2 Å². The number of hydrogen-bond acceptors (Lipinski definition) is 5. The van der Waals surface area contributed by atoms with Gasteiger partial charge in [0.1, 0.15) is 35.7 Å². The van der Waals surface area contributed by atoms with E-state index in [9.17, 15) is 18.4 Å². The van der Waals surface area contributed by atoms with Crippen molar-refractivity contribution in [1.29, 1.82) is 0 Å². The Morgan fingerprint density at radius 1 is 1.34 bits per heavy atom. The molecule has 2 aromatic rings. The van der Waals surface area contributed by atoms with Gasteiger partial charge in [0.25, 0.3) is 11.8 Å². The predicted molar refractivity (Wildman–Crippen MR) is 110 cm³/mol. The van der Waals surface area contributed by atoms with E-state index in [0.717, 1.165) is 24.7 Å². The minimum atomic E-state index is -1.13. The van der Waals surface area contributed by atoms with Crippen molar-refractivity contribution in [1.82, 2.24) is 20.1 Å². The van der Waals surface area contributed by atoms with Crippen molar-refractivity contribution >= 4 is 17.5 Å². The minimum Gasteiger partial charge on any atom is -0.488 e. The molecule has 0 saturated carbocycles. The second-order valence-corrected chi connectivity index (χ2v) is 8.44. The lowest BCUT2D eigenvalue weighted by atomic mass is 9.72. The van der Waals surface area contributed by atoms with E-state index in [1.807, 2.05) is 12.2 Å². The maximum absolute atomic E-state index is 14.0. The van der Waals surface area contributed by atoms with E-state index >= 15 is 0 Å². The van der Waals surface area contributed by atoms with Crippen LogP contribution in [0.15, 0.2) is 36.4 Å². The van der Waals surface area contributed by atoms with Crippen LogP contribution in [0.3, 0.4) is 0 Å². The van der Waals surface area contributed by atoms with Gasteiger partial charge in [-0.15, -0.1) is 5.10 Å². The lowest BCUT2D eigenvalue weighted by molar-refractivity contribution is -0.118. The maximum atomic E-state index is 14.0. The van der Waals surface area contributed by atoms with Gasteiger partial charge in [-0.2, -0.15) is 0 Å². The average Bonchev–Trinajstić information content (AvgIpc) is 3.30. The van der Waals surface area contributed by atoms with Crippen molar-refractivity contribution in [3.05, 3.63) is 59.7 Å². The Balaban J connectivity index is 1.32. The summed E-state index contributed by atoms with van der Waals surface area (Å²) in [6.45, 7) is 2.52. The molecule has 32 heavy (non-hydrogen) atoms. The Morgan fingerprint density at radius 2 is 2.19 bits per heavy atom. The number of aryl methyl sites for hydroxylation is 1. The van der Waals surface area contributed by atoms with Gasteiger partial charge in [0.2, 0.25) is 5.82 Å². The molecule has 0 radical (unpaired) electrons. The monoisotopic (exact) mass is 441 g/mol. The molecule has 3 atom stereocenters. The molecule has 2 amide bonds. The minimum absolute atomic E-state index is 0.0459. The Morgan fingerprint density at radius 3 is 2.97 bits per heavy atom. The number of benzene rings is 1. The van der Waals surface area contributed by atoms with Crippen LogP contribution in [0.1, 0.15) is 42.1 Å². The zero-order chi connectivity index (χ0) is 22.5. The van der Waals surface area contributed by atoms with Gasteiger partial charge in [-0.05, 0) is 18.3 Å². The lowest BCUT2D eigenvalue weighted by Crippen LogP contribution is -2.46. The van der Waals surface area contributed by atoms with Crippen LogP contribution in [-0.2, 0) is 11.3 Å². The molecule has 2 N–H and O–H groups in total. The van der Waals surface area contributed by atoms with Crippen LogP contribution in [0, 0.1) is 17.0 Å². The number of amides is 2. The molecule has 166 valence electrons. The van der Waals surface area contributed by atoms with E-state index < -0.39 is 29.5 Å². The summed E-state index contributed by atoms with van der Waals surface area (Å²) in [5, 5.41) is 9.18. The smallest absolute Gasteiger partial charge is 0.291 e. The normalized spacial score (nSPS) is 26.0. The van der Waals surface area contributed by atoms with E-state index in [0.29, 0.717) is 12.6 Å². The quantitative estimate of drug-likeness (QED) is 0.763. The molecule has 1 aliphatic carbocycles. The third-order valence-corrected chi connectivity index (χ3v) is 6.22. The van der Waals surface area contributed by atoms with E-state index in [1.54, 1.807) is 4.68 Å². The van der Waals surface area contributed by atoms with Crippen molar-refractivity contribution in [3.63, 3.8) is 0 Å². The summed E-state index contributed by atoms with van der Waals surface area (Å²) in [7, 11) is 0. The van der Waals surface area contributed by atoms with Crippen LogP contribution in [0.5, 0.6) is 5.75 Å². The molecule has 8 nitrogen and oxygen atoms in total. The van der Waals surface area contributed by atoms with E-state index in [1.165, 1.54) is 0 Å². The molecule has 1 unspecified atom stereocenters. The third kappa shape index (κ3) is 3.45. The predicted octanol–water partition coefficient (Wildman–Crippen LogP) is 2.70. The highest BCUT2D eigenvalue weighted by Gasteiger charge is 2.40. The molecule has 0 bridgehead atoms. The fourth-order valence-corrected chi connectivity index (χ4v) is 4.45.